The minimum Gasteiger partial charge on any atom is -0.345 e. The number of rotatable bonds is 4. The van der Waals surface area contributed by atoms with E-state index in [0.717, 1.165) is 5.56 Å². The zero-order valence-electron chi connectivity index (χ0n) is 16.5. The standard InChI is InChI=1S/C20H25N3O3S/c1-12-10-15(22-19(26)20(2,3)4)27-16(12)17(24)21-14-9-7-8-13(11-14)18(25)23(5)6/h7-11H,1-6H3,(H,21,24)(H,22,26). The molecular formula is C20H25N3O3S. The summed E-state index contributed by atoms with van der Waals surface area (Å²) in [5.74, 6) is -0.514. The fourth-order valence-electron chi connectivity index (χ4n) is 2.24. The summed E-state index contributed by atoms with van der Waals surface area (Å²) < 4.78 is 0. The first-order valence-electron chi connectivity index (χ1n) is 8.54. The van der Waals surface area contributed by atoms with Gasteiger partial charge in [0.05, 0.1) is 9.88 Å². The van der Waals surface area contributed by atoms with Gasteiger partial charge >= 0.3 is 0 Å². The Labute approximate surface area is 163 Å². The Hall–Kier alpha value is -2.67. The van der Waals surface area contributed by atoms with Gasteiger partial charge in [-0.1, -0.05) is 26.8 Å². The number of carbonyl (C=O) groups is 3. The molecular weight excluding hydrogens is 362 g/mol. The molecule has 1 aromatic carbocycles. The van der Waals surface area contributed by atoms with E-state index in [1.54, 1.807) is 44.4 Å². The third-order valence-electron chi connectivity index (χ3n) is 3.82. The lowest BCUT2D eigenvalue weighted by Crippen LogP contribution is -2.27. The quantitative estimate of drug-likeness (QED) is 0.832. The minimum atomic E-state index is -0.514. The number of aryl methyl sites for hydroxylation is 1. The fourth-order valence-corrected chi connectivity index (χ4v) is 3.21. The average Bonchev–Trinajstić information content (AvgIpc) is 2.93. The number of hydrogen-bond donors (Lipinski definition) is 2. The van der Waals surface area contributed by atoms with Crippen LogP contribution in [0.25, 0.3) is 0 Å². The monoisotopic (exact) mass is 387 g/mol. The second kappa shape index (κ2) is 7.92. The molecule has 2 N–H and O–H groups in total. The van der Waals surface area contributed by atoms with Crippen LogP contribution >= 0.6 is 11.3 Å². The summed E-state index contributed by atoms with van der Waals surface area (Å²) in [6, 6.07) is 8.59. The molecule has 0 bridgehead atoms. The summed E-state index contributed by atoms with van der Waals surface area (Å²) in [6.45, 7) is 7.32. The second-order valence-corrected chi connectivity index (χ2v) is 8.61. The van der Waals surface area contributed by atoms with Crippen molar-refractivity contribution in [2.45, 2.75) is 27.7 Å². The van der Waals surface area contributed by atoms with E-state index in [4.69, 9.17) is 0 Å². The Balaban J connectivity index is 2.16. The van der Waals surface area contributed by atoms with Crippen LogP contribution in [0.4, 0.5) is 10.7 Å². The molecule has 0 fully saturated rings. The molecule has 0 radical (unpaired) electrons. The predicted molar refractivity (Wildman–Crippen MR) is 110 cm³/mol. The Bertz CT molecular complexity index is 879. The van der Waals surface area contributed by atoms with Gasteiger partial charge in [0.25, 0.3) is 11.8 Å². The summed E-state index contributed by atoms with van der Waals surface area (Å²) in [5, 5.41) is 6.30. The van der Waals surface area contributed by atoms with Crippen LogP contribution in [0.3, 0.4) is 0 Å². The van der Waals surface area contributed by atoms with Crippen molar-refractivity contribution >= 4 is 39.7 Å². The summed E-state index contributed by atoms with van der Waals surface area (Å²) in [4.78, 5) is 38.8. The molecule has 6 nitrogen and oxygen atoms in total. The molecule has 0 aliphatic heterocycles. The van der Waals surface area contributed by atoms with Crippen LogP contribution in [0.1, 0.15) is 46.4 Å². The summed E-state index contributed by atoms with van der Waals surface area (Å²) in [5.41, 5.74) is 1.31. The van der Waals surface area contributed by atoms with Crippen LogP contribution < -0.4 is 10.6 Å². The second-order valence-electron chi connectivity index (χ2n) is 7.56. The molecule has 0 aliphatic rings. The van der Waals surface area contributed by atoms with E-state index in [1.807, 2.05) is 27.7 Å². The van der Waals surface area contributed by atoms with Crippen molar-refractivity contribution in [1.82, 2.24) is 4.90 Å². The van der Waals surface area contributed by atoms with E-state index in [9.17, 15) is 14.4 Å². The summed E-state index contributed by atoms with van der Waals surface area (Å²) >= 11 is 1.23. The molecule has 7 heteroatoms. The van der Waals surface area contributed by atoms with Crippen molar-refractivity contribution in [3.05, 3.63) is 46.3 Å². The number of nitrogens with zero attached hydrogens (tertiary/aromatic N) is 1. The SMILES string of the molecule is Cc1cc(NC(=O)C(C)(C)C)sc1C(=O)Nc1cccc(C(=O)N(C)C)c1. The van der Waals surface area contributed by atoms with Crippen molar-refractivity contribution in [3.8, 4) is 0 Å². The van der Waals surface area contributed by atoms with Crippen LogP contribution in [0.15, 0.2) is 30.3 Å². The van der Waals surface area contributed by atoms with E-state index in [0.29, 0.717) is 21.1 Å². The van der Waals surface area contributed by atoms with Gasteiger partial charge in [-0.3, -0.25) is 14.4 Å². The molecule has 3 amide bonds. The Morgan fingerprint density at radius 2 is 1.70 bits per heavy atom. The van der Waals surface area contributed by atoms with Gasteiger partial charge in [0.2, 0.25) is 5.91 Å². The molecule has 0 unspecified atom stereocenters. The van der Waals surface area contributed by atoms with E-state index >= 15 is 0 Å². The van der Waals surface area contributed by atoms with Crippen molar-refractivity contribution < 1.29 is 14.4 Å². The molecule has 144 valence electrons. The van der Waals surface area contributed by atoms with Crippen LogP contribution in [-0.4, -0.2) is 36.7 Å². The Morgan fingerprint density at radius 1 is 1.04 bits per heavy atom. The number of benzene rings is 1. The highest BCUT2D eigenvalue weighted by Crippen LogP contribution is 2.29. The molecule has 0 saturated carbocycles. The molecule has 1 aromatic heterocycles. The van der Waals surface area contributed by atoms with Crippen molar-refractivity contribution in [2.24, 2.45) is 5.41 Å². The summed E-state index contributed by atoms with van der Waals surface area (Å²) in [7, 11) is 3.35. The highest BCUT2D eigenvalue weighted by Gasteiger charge is 2.23. The van der Waals surface area contributed by atoms with E-state index in [2.05, 4.69) is 10.6 Å². The van der Waals surface area contributed by atoms with Crippen LogP contribution in [0.5, 0.6) is 0 Å². The van der Waals surface area contributed by atoms with E-state index in [-0.39, 0.29) is 17.7 Å². The first kappa shape index (κ1) is 20.6. The molecule has 0 spiro atoms. The van der Waals surface area contributed by atoms with Gasteiger partial charge in [-0.2, -0.15) is 0 Å². The third-order valence-corrected chi connectivity index (χ3v) is 4.97. The highest BCUT2D eigenvalue weighted by atomic mass is 32.1. The number of thiophene rings is 1. The normalized spacial score (nSPS) is 11.0. The molecule has 0 atom stereocenters. The molecule has 1 heterocycles. The summed E-state index contributed by atoms with van der Waals surface area (Å²) in [6.07, 6.45) is 0. The minimum absolute atomic E-state index is 0.106. The molecule has 2 rings (SSSR count). The maximum atomic E-state index is 12.6. The van der Waals surface area contributed by atoms with Crippen LogP contribution in [0, 0.1) is 12.3 Å². The maximum absolute atomic E-state index is 12.6. The van der Waals surface area contributed by atoms with Crippen molar-refractivity contribution in [3.63, 3.8) is 0 Å². The third kappa shape index (κ3) is 5.17. The lowest BCUT2D eigenvalue weighted by Gasteiger charge is -2.16. The van der Waals surface area contributed by atoms with Crippen molar-refractivity contribution in [2.75, 3.05) is 24.7 Å². The lowest BCUT2D eigenvalue weighted by atomic mass is 9.96. The largest absolute Gasteiger partial charge is 0.345 e. The maximum Gasteiger partial charge on any atom is 0.266 e. The number of nitrogens with one attached hydrogen (secondary N) is 2. The number of carbonyl (C=O) groups excluding carboxylic acids is 3. The van der Waals surface area contributed by atoms with Gasteiger partial charge in [0, 0.05) is 30.8 Å². The van der Waals surface area contributed by atoms with Crippen LogP contribution in [-0.2, 0) is 4.79 Å². The van der Waals surface area contributed by atoms with E-state index < -0.39 is 5.41 Å². The van der Waals surface area contributed by atoms with Crippen molar-refractivity contribution in [1.29, 1.82) is 0 Å². The van der Waals surface area contributed by atoms with Gasteiger partial charge in [-0.05, 0) is 36.8 Å². The van der Waals surface area contributed by atoms with Gasteiger partial charge < -0.3 is 15.5 Å². The Kier molecular flexibility index (Phi) is 6.05. The van der Waals surface area contributed by atoms with Crippen LogP contribution in [0.2, 0.25) is 0 Å². The zero-order valence-corrected chi connectivity index (χ0v) is 17.3. The van der Waals surface area contributed by atoms with Gasteiger partial charge in [-0.25, -0.2) is 0 Å². The fraction of sp³-hybridized carbons (Fsp3) is 0.350. The smallest absolute Gasteiger partial charge is 0.266 e. The average molecular weight is 388 g/mol. The number of hydrogen-bond acceptors (Lipinski definition) is 4. The predicted octanol–water partition coefficient (Wildman–Crippen LogP) is 4.00. The van der Waals surface area contributed by atoms with Gasteiger partial charge in [0.15, 0.2) is 0 Å². The zero-order chi connectivity index (χ0) is 20.4. The highest BCUT2D eigenvalue weighted by molar-refractivity contribution is 7.18. The first-order valence-corrected chi connectivity index (χ1v) is 9.35. The van der Waals surface area contributed by atoms with Gasteiger partial charge in [0.1, 0.15) is 0 Å². The Morgan fingerprint density at radius 3 is 2.30 bits per heavy atom. The number of anilines is 2. The van der Waals surface area contributed by atoms with E-state index in [1.165, 1.54) is 16.2 Å². The topological polar surface area (TPSA) is 78.5 Å². The molecule has 0 aliphatic carbocycles. The molecule has 27 heavy (non-hydrogen) atoms. The van der Waals surface area contributed by atoms with Gasteiger partial charge in [-0.15, -0.1) is 11.3 Å². The lowest BCUT2D eigenvalue weighted by molar-refractivity contribution is -0.123. The number of amides is 3. The molecule has 0 saturated heterocycles. The molecule has 2 aromatic rings. The first-order chi connectivity index (χ1) is 12.5.